The zero-order valence-corrected chi connectivity index (χ0v) is 14.8. The summed E-state index contributed by atoms with van der Waals surface area (Å²) in [5.41, 5.74) is 17.6. The maximum atomic E-state index is 6.02. The Kier molecular flexibility index (Phi) is 3.65. The van der Waals surface area contributed by atoms with Crippen molar-refractivity contribution in [2.24, 2.45) is 5.73 Å². The molecule has 4 N–H and O–H groups in total. The van der Waals surface area contributed by atoms with Gasteiger partial charge >= 0.3 is 0 Å². The smallest absolute Gasteiger partial charge is 0.186 e. The summed E-state index contributed by atoms with van der Waals surface area (Å²) in [5.74, 6) is 0.666. The highest BCUT2D eigenvalue weighted by atomic mass is 15.3. The quantitative estimate of drug-likeness (QED) is 0.588. The molecule has 27 heavy (non-hydrogen) atoms. The van der Waals surface area contributed by atoms with E-state index in [-0.39, 0.29) is 12.0 Å². The number of hydrogen-bond acceptors (Lipinski definition) is 5. The Morgan fingerprint density at radius 3 is 2.81 bits per heavy atom. The number of anilines is 1. The third-order valence-electron chi connectivity index (χ3n) is 5.45. The van der Waals surface area contributed by atoms with Crippen LogP contribution in [-0.4, -0.2) is 19.7 Å². The first-order valence-electron chi connectivity index (χ1n) is 9.06. The molecule has 0 amide bonds. The standard InChI is InChI=1S/C21H20N6/c22-10-13-4-3-6-15(8-13)19-16-7-2-1-5-14(16)9-18(19)27-11-17-20(23)24-12-25-21(17)26-27/h1-8,11-12,18-19H,9-10,22H2,(H2,23,24,25,26). The number of nitrogens with zero attached hydrogens (tertiary/aromatic N) is 4. The fourth-order valence-corrected chi connectivity index (χ4v) is 4.18. The monoisotopic (exact) mass is 356 g/mol. The van der Waals surface area contributed by atoms with Gasteiger partial charge in [0.2, 0.25) is 0 Å². The molecule has 2 heterocycles. The van der Waals surface area contributed by atoms with Crippen molar-refractivity contribution in [2.75, 3.05) is 5.73 Å². The zero-order chi connectivity index (χ0) is 18.4. The maximum absolute atomic E-state index is 6.02. The van der Waals surface area contributed by atoms with Gasteiger partial charge in [0, 0.05) is 18.7 Å². The van der Waals surface area contributed by atoms with E-state index in [1.807, 2.05) is 10.9 Å². The van der Waals surface area contributed by atoms with Crippen molar-refractivity contribution in [3.8, 4) is 0 Å². The number of aromatic nitrogens is 4. The lowest BCUT2D eigenvalue weighted by molar-refractivity contribution is 0.439. The molecule has 5 rings (SSSR count). The van der Waals surface area contributed by atoms with Crippen molar-refractivity contribution in [3.05, 3.63) is 83.3 Å². The molecule has 6 nitrogen and oxygen atoms in total. The highest BCUT2D eigenvalue weighted by molar-refractivity contribution is 5.84. The van der Waals surface area contributed by atoms with Crippen molar-refractivity contribution >= 4 is 16.9 Å². The van der Waals surface area contributed by atoms with Gasteiger partial charge in [0.1, 0.15) is 12.1 Å². The molecule has 2 aromatic heterocycles. The van der Waals surface area contributed by atoms with Crippen LogP contribution in [0.2, 0.25) is 0 Å². The molecule has 0 saturated carbocycles. The van der Waals surface area contributed by atoms with Crippen LogP contribution in [0.3, 0.4) is 0 Å². The number of fused-ring (bicyclic) bond motifs is 2. The van der Waals surface area contributed by atoms with Crippen LogP contribution in [0.5, 0.6) is 0 Å². The Morgan fingerprint density at radius 1 is 1.07 bits per heavy atom. The Morgan fingerprint density at radius 2 is 1.96 bits per heavy atom. The molecule has 0 saturated heterocycles. The number of hydrogen-bond donors (Lipinski definition) is 2. The predicted molar refractivity (Wildman–Crippen MR) is 105 cm³/mol. The first kappa shape index (κ1) is 16.0. The van der Waals surface area contributed by atoms with Gasteiger partial charge in [0.25, 0.3) is 0 Å². The highest BCUT2D eigenvalue weighted by Gasteiger charge is 2.35. The summed E-state index contributed by atoms with van der Waals surface area (Å²) in [6.07, 6.45) is 4.34. The lowest BCUT2D eigenvalue weighted by Crippen LogP contribution is -2.16. The van der Waals surface area contributed by atoms with Gasteiger partial charge in [-0.3, -0.25) is 4.68 Å². The molecule has 0 fully saturated rings. The van der Waals surface area contributed by atoms with E-state index in [1.54, 1.807) is 0 Å². The topological polar surface area (TPSA) is 95.6 Å². The lowest BCUT2D eigenvalue weighted by Gasteiger charge is -2.22. The third kappa shape index (κ3) is 2.57. The Balaban J connectivity index is 1.66. The Bertz CT molecular complexity index is 1130. The van der Waals surface area contributed by atoms with E-state index in [2.05, 4.69) is 58.5 Å². The molecular formula is C21H20N6. The zero-order valence-electron chi connectivity index (χ0n) is 14.8. The van der Waals surface area contributed by atoms with E-state index in [4.69, 9.17) is 16.6 Å². The maximum Gasteiger partial charge on any atom is 0.186 e. The molecule has 0 spiro atoms. The average Bonchev–Trinajstić information content (AvgIpc) is 3.30. The second-order valence-electron chi connectivity index (χ2n) is 7.00. The van der Waals surface area contributed by atoms with Crippen LogP contribution in [-0.2, 0) is 13.0 Å². The van der Waals surface area contributed by atoms with E-state index < -0.39 is 0 Å². The number of nitrogens with two attached hydrogens (primary N) is 2. The fraction of sp³-hybridized carbons (Fsp3) is 0.190. The highest BCUT2D eigenvalue weighted by Crippen LogP contribution is 2.45. The van der Waals surface area contributed by atoms with Gasteiger partial charge < -0.3 is 11.5 Å². The fourth-order valence-electron chi connectivity index (χ4n) is 4.18. The van der Waals surface area contributed by atoms with E-state index >= 15 is 0 Å². The second-order valence-corrected chi connectivity index (χ2v) is 7.00. The minimum atomic E-state index is 0.157. The van der Waals surface area contributed by atoms with Crippen LogP contribution in [0.15, 0.2) is 61.1 Å². The van der Waals surface area contributed by atoms with Gasteiger partial charge in [-0.1, -0.05) is 48.5 Å². The molecule has 2 aromatic carbocycles. The van der Waals surface area contributed by atoms with Crippen molar-refractivity contribution in [1.82, 2.24) is 19.7 Å². The minimum Gasteiger partial charge on any atom is -0.383 e. The van der Waals surface area contributed by atoms with Gasteiger partial charge in [-0.05, 0) is 28.7 Å². The Labute approximate surface area is 156 Å². The van der Waals surface area contributed by atoms with Crippen molar-refractivity contribution in [2.45, 2.75) is 24.9 Å². The first-order chi connectivity index (χ1) is 13.2. The summed E-state index contributed by atoms with van der Waals surface area (Å²) in [4.78, 5) is 8.35. The molecule has 134 valence electrons. The molecular weight excluding hydrogens is 336 g/mol. The van der Waals surface area contributed by atoms with Gasteiger partial charge in [-0.25, -0.2) is 9.97 Å². The van der Waals surface area contributed by atoms with Crippen LogP contribution in [0.4, 0.5) is 5.82 Å². The number of rotatable bonds is 3. The van der Waals surface area contributed by atoms with E-state index in [9.17, 15) is 0 Å². The van der Waals surface area contributed by atoms with Gasteiger partial charge in [0.15, 0.2) is 5.65 Å². The molecule has 1 aliphatic carbocycles. The number of benzene rings is 2. The third-order valence-corrected chi connectivity index (χ3v) is 5.45. The first-order valence-corrected chi connectivity index (χ1v) is 9.06. The van der Waals surface area contributed by atoms with Crippen LogP contribution in [0.1, 0.15) is 34.2 Å². The second kappa shape index (κ2) is 6.17. The molecule has 4 aromatic rings. The van der Waals surface area contributed by atoms with Crippen LogP contribution >= 0.6 is 0 Å². The number of nitrogen functional groups attached to an aromatic ring is 1. The van der Waals surface area contributed by atoms with E-state index in [0.29, 0.717) is 18.0 Å². The van der Waals surface area contributed by atoms with E-state index in [1.165, 1.54) is 23.0 Å². The van der Waals surface area contributed by atoms with Crippen molar-refractivity contribution < 1.29 is 0 Å². The molecule has 0 bridgehead atoms. The summed E-state index contributed by atoms with van der Waals surface area (Å²) in [6.45, 7) is 0.532. The normalized spacial score (nSPS) is 18.7. The lowest BCUT2D eigenvalue weighted by atomic mass is 9.89. The molecule has 2 unspecified atom stereocenters. The average molecular weight is 356 g/mol. The minimum absolute atomic E-state index is 0.157. The van der Waals surface area contributed by atoms with Gasteiger partial charge in [0.05, 0.1) is 11.4 Å². The predicted octanol–water partition coefficient (Wildman–Crippen LogP) is 2.80. The summed E-state index contributed by atoms with van der Waals surface area (Å²) in [7, 11) is 0. The summed E-state index contributed by atoms with van der Waals surface area (Å²) in [5, 5.41) is 5.51. The molecule has 1 aliphatic rings. The molecule has 0 aliphatic heterocycles. The molecule has 0 radical (unpaired) electrons. The summed E-state index contributed by atoms with van der Waals surface area (Å²) in [6, 6.07) is 17.3. The van der Waals surface area contributed by atoms with Crippen LogP contribution in [0.25, 0.3) is 11.0 Å². The Hall–Kier alpha value is -3.25. The van der Waals surface area contributed by atoms with Crippen LogP contribution < -0.4 is 11.5 Å². The summed E-state index contributed by atoms with van der Waals surface area (Å²) >= 11 is 0. The molecule has 2 atom stereocenters. The summed E-state index contributed by atoms with van der Waals surface area (Å²) < 4.78 is 2.01. The van der Waals surface area contributed by atoms with Gasteiger partial charge in [-0.15, -0.1) is 0 Å². The van der Waals surface area contributed by atoms with E-state index in [0.717, 1.165) is 17.4 Å². The van der Waals surface area contributed by atoms with Gasteiger partial charge in [-0.2, -0.15) is 5.10 Å². The van der Waals surface area contributed by atoms with Crippen LogP contribution in [0, 0.1) is 0 Å². The molecule has 6 heteroatoms. The van der Waals surface area contributed by atoms with Crippen molar-refractivity contribution in [3.63, 3.8) is 0 Å². The largest absolute Gasteiger partial charge is 0.383 e. The SMILES string of the molecule is NCc1cccc(C2c3ccccc3CC2n2cc3c(N)ncnc3n2)c1. The van der Waals surface area contributed by atoms with Crippen molar-refractivity contribution in [1.29, 1.82) is 0 Å².